The Labute approximate surface area is 175 Å². The first-order chi connectivity index (χ1) is 13.2. The third-order valence-electron chi connectivity index (χ3n) is 4.11. The molecule has 1 atom stereocenters. The molecule has 0 aliphatic heterocycles. The molecule has 28 heavy (non-hydrogen) atoms. The molecule has 2 rings (SSSR count). The Morgan fingerprint density at radius 2 is 1.93 bits per heavy atom. The number of anilines is 1. The number of methoxy groups -OCH3 is 1. The Morgan fingerprint density at radius 1 is 1.21 bits per heavy atom. The van der Waals surface area contributed by atoms with Gasteiger partial charge in [-0.2, -0.15) is 0 Å². The number of rotatable bonds is 8. The minimum absolute atomic E-state index is 0.154. The number of nitrogens with zero attached hydrogens (tertiary/aromatic N) is 1. The quantitative estimate of drug-likeness (QED) is 0.670. The molecule has 0 spiro atoms. The zero-order chi connectivity index (χ0) is 20.9. The summed E-state index contributed by atoms with van der Waals surface area (Å²) in [7, 11) is -2.23. The summed E-state index contributed by atoms with van der Waals surface area (Å²) in [5.41, 5.74) is 1.04. The number of carbonyl (C=O) groups excluding carboxylic acids is 1. The van der Waals surface area contributed by atoms with Gasteiger partial charge in [0.05, 0.1) is 19.1 Å². The fourth-order valence-electron chi connectivity index (χ4n) is 2.77. The third kappa shape index (κ3) is 5.53. The number of benzene rings is 2. The van der Waals surface area contributed by atoms with Crippen molar-refractivity contribution in [3.05, 3.63) is 58.1 Å². The van der Waals surface area contributed by atoms with Crippen molar-refractivity contribution >= 4 is 44.8 Å². The number of amides is 1. The van der Waals surface area contributed by atoms with Crippen LogP contribution < -0.4 is 14.4 Å². The molecule has 9 heteroatoms. The zero-order valence-electron chi connectivity index (χ0n) is 15.8. The summed E-state index contributed by atoms with van der Waals surface area (Å²) in [5, 5.41) is 3.68. The number of hydrogen-bond acceptors (Lipinski definition) is 4. The van der Waals surface area contributed by atoms with E-state index in [9.17, 15) is 13.2 Å². The van der Waals surface area contributed by atoms with Crippen LogP contribution in [-0.2, 0) is 21.4 Å². The Balaban J connectivity index is 2.28. The molecular formula is C19H22Cl2N2O4S. The maximum atomic E-state index is 12.8. The van der Waals surface area contributed by atoms with Crippen molar-refractivity contribution in [2.24, 2.45) is 0 Å². The minimum Gasteiger partial charge on any atom is -0.497 e. The summed E-state index contributed by atoms with van der Waals surface area (Å²) < 4.78 is 31.2. The van der Waals surface area contributed by atoms with Crippen molar-refractivity contribution in [2.45, 2.75) is 25.9 Å². The lowest BCUT2D eigenvalue weighted by Crippen LogP contribution is -2.49. The average molecular weight is 445 g/mol. The number of hydrogen-bond donors (Lipinski definition) is 1. The van der Waals surface area contributed by atoms with Crippen LogP contribution in [0, 0.1) is 0 Å². The molecule has 0 bridgehead atoms. The molecule has 1 amide bonds. The van der Waals surface area contributed by atoms with Crippen LogP contribution in [0.1, 0.15) is 18.9 Å². The molecule has 0 aliphatic rings. The lowest BCUT2D eigenvalue weighted by atomic mass is 10.1. The second-order valence-corrected chi connectivity index (χ2v) is 8.84. The van der Waals surface area contributed by atoms with Crippen molar-refractivity contribution in [2.75, 3.05) is 17.7 Å². The summed E-state index contributed by atoms with van der Waals surface area (Å²) in [6, 6.07) is 10.6. The molecule has 0 saturated carbocycles. The van der Waals surface area contributed by atoms with Gasteiger partial charge in [0.15, 0.2) is 0 Å². The highest BCUT2D eigenvalue weighted by Crippen LogP contribution is 2.27. The first-order valence-corrected chi connectivity index (χ1v) is 11.1. The van der Waals surface area contributed by atoms with Crippen LogP contribution in [0.4, 0.5) is 5.69 Å². The van der Waals surface area contributed by atoms with Gasteiger partial charge in [0.1, 0.15) is 11.8 Å². The van der Waals surface area contributed by atoms with E-state index in [-0.39, 0.29) is 13.0 Å². The van der Waals surface area contributed by atoms with Gasteiger partial charge in [-0.05, 0) is 36.2 Å². The van der Waals surface area contributed by atoms with E-state index in [4.69, 9.17) is 27.9 Å². The average Bonchev–Trinajstić information content (AvgIpc) is 2.64. The molecule has 0 aromatic heterocycles. The first kappa shape index (κ1) is 22.3. The highest BCUT2D eigenvalue weighted by molar-refractivity contribution is 7.92. The number of sulfonamides is 1. The smallest absolute Gasteiger partial charge is 0.244 e. The monoisotopic (exact) mass is 444 g/mol. The summed E-state index contributed by atoms with van der Waals surface area (Å²) in [4.78, 5) is 12.8. The van der Waals surface area contributed by atoms with Crippen LogP contribution in [0.3, 0.4) is 0 Å². The van der Waals surface area contributed by atoms with E-state index in [0.29, 0.717) is 27.0 Å². The maximum Gasteiger partial charge on any atom is 0.244 e. The number of carbonyl (C=O) groups is 1. The van der Waals surface area contributed by atoms with E-state index in [0.717, 1.165) is 10.6 Å². The van der Waals surface area contributed by atoms with Crippen LogP contribution >= 0.6 is 23.2 Å². The Kier molecular flexibility index (Phi) is 7.57. The van der Waals surface area contributed by atoms with Crippen LogP contribution in [0.2, 0.25) is 10.0 Å². The van der Waals surface area contributed by atoms with Gasteiger partial charge in [0.2, 0.25) is 15.9 Å². The summed E-state index contributed by atoms with van der Waals surface area (Å²) >= 11 is 12.0. The lowest BCUT2D eigenvalue weighted by Gasteiger charge is -2.30. The second-order valence-electron chi connectivity index (χ2n) is 6.14. The normalized spacial score (nSPS) is 12.3. The van der Waals surface area contributed by atoms with Crippen molar-refractivity contribution < 1.29 is 17.9 Å². The van der Waals surface area contributed by atoms with Crippen molar-refractivity contribution in [3.63, 3.8) is 0 Å². The summed E-state index contributed by atoms with van der Waals surface area (Å²) in [6.07, 6.45) is 1.35. The minimum atomic E-state index is -3.72. The molecule has 0 radical (unpaired) electrons. The molecule has 0 aliphatic carbocycles. The van der Waals surface area contributed by atoms with Gasteiger partial charge in [-0.1, -0.05) is 42.3 Å². The lowest BCUT2D eigenvalue weighted by molar-refractivity contribution is -0.122. The van der Waals surface area contributed by atoms with Gasteiger partial charge < -0.3 is 10.1 Å². The van der Waals surface area contributed by atoms with E-state index < -0.39 is 22.0 Å². The van der Waals surface area contributed by atoms with Crippen LogP contribution in [0.15, 0.2) is 42.5 Å². The molecule has 1 N–H and O–H groups in total. The predicted octanol–water partition coefficient (Wildman–Crippen LogP) is 3.86. The van der Waals surface area contributed by atoms with E-state index in [1.807, 2.05) is 0 Å². The SMILES string of the molecule is CC[C@H](C(=O)NCc1ccc(Cl)cc1Cl)N(c1cccc(OC)c1)S(C)(=O)=O. The van der Waals surface area contributed by atoms with Crippen molar-refractivity contribution in [1.29, 1.82) is 0 Å². The molecule has 6 nitrogen and oxygen atoms in total. The molecular weight excluding hydrogens is 423 g/mol. The van der Waals surface area contributed by atoms with Crippen molar-refractivity contribution in [3.8, 4) is 5.75 Å². The molecule has 0 saturated heterocycles. The van der Waals surface area contributed by atoms with Gasteiger partial charge in [-0.25, -0.2) is 8.42 Å². The highest BCUT2D eigenvalue weighted by atomic mass is 35.5. The van der Waals surface area contributed by atoms with Crippen molar-refractivity contribution in [1.82, 2.24) is 5.32 Å². The molecule has 0 unspecified atom stereocenters. The largest absolute Gasteiger partial charge is 0.497 e. The molecule has 2 aromatic rings. The van der Waals surface area contributed by atoms with Gasteiger partial charge in [-0.15, -0.1) is 0 Å². The van der Waals surface area contributed by atoms with Gasteiger partial charge in [0, 0.05) is 22.7 Å². The van der Waals surface area contributed by atoms with E-state index in [1.165, 1.54) is 7.11 Å². The first-order valence-electron chi connectivity index (χ1n) is 8.52. The third-order valence-corrected chi connectivity index (χ3v) is 5.87. The van der Waals surface area contributed by atoms with Gasteiger partial charge in [-0.3, -0.25) is 9.10 Å². The summed E-state index contributed by atoms with van der Waals surface area (Å²) in [5.74, 6) is 0.0659. The fraction of sp³-hybridized carbons (Fsp3) is 0.316. The number of halogens is 2. The van der Waals surface area contributed by atoms with E-state index >= 15 is 0 Å². The second kappa shape index (κ2) is 9.49. The Bertz CT molecular complexity index is 951. The van der Waals surface area contributed by atoms with E-state index in [2.05, 4.69) is 5.32 Å². The fourth-order valence-corrected chi connectivity index (χ4v) is 4.45. The zero-order valence-corrected chi connectivity index (χ0v) is 18.1. The van der Waals surface area contributed by atoms with E-state index in [1.54, 1.807) is 49.4 Å². The standard InChI is InChI=1S/C19H22Cl2N2O4S/c1-4-18(19(24)22-12-13-8-9-14(20)10-17(13)21)23(28(3,25)26)15-6-5-7-16(11-15)27-2/h5-11,18H,4,12H2,1-3H3,(H,22,24)/t18-/m1/s1. The predicted molar refractivity (Wildman–Crippen MR) is 113 cm³/mol. The number of ether oxygens (including phenoxy) is 1. The van der Waals surface area contributed by atoms with Gasteiger partial charge in [0.25, 0.3) is 0 Å². The van der Waals surface area contributed by atoms with Crippen LogP contribution in [-0.4, -0.2) is 33.7 Å². The maximum absolute atomic E-state index is 12.8. The topological polar surface area (TPSA) is 75.7 Å². The molecule has 152 valence electrons. The van der Waals surface area contributed by atoms with Gasteiger partial charge >= 0.3 is 0 Å². The molecule has 0 fully saturated rings. The highest BCUT2D eigenvalue weighted by Gasteiger charge is 2.31. The number of nitrogens with one attached hydrogen (secondary N) is 1. The molecule has 2 aromatic carbocycles. The Morgan fingerprint density at radius 3 is 2.50 bits per heavy atom. The van der Waals surface area contributed by atoms with Crippen LogP contribution in [0.25, 0.3) is 0 Å². The Hall–Kier alpha value is -1.96. The molecule has 0 heterocycles. The van der Waals surface area contributed by atoms with Crippen LogP contribution in [0.5, 0.6) is 5.75 Å². The summed E-state index contributed by atoms with van der Waals surface area (Å²) in [6.45, 7) is 1.90.